The lowest BCUT2D eigenvalue weighted by Crippen LogP contribution is -2.35. The number of esters is 1. The van der Waals surface area contributed by atoms with Gasteiger partial charge in [-0.3, -0.25) is 4.79 Å². The smallest absolute Gasteiger partial charge is 0.342 e. The van der Waals surface area contributed by atoms with E-state index in [9.17, 15) is 9.59 Å². The van der Waals surface area contributed by atoms with Gasteiger partial charge in [-0.05, 0) is 39.8 Å². The van der Waals surface area contributed by atoms with E-state index >= 15 is 0 Å². The largest absolute Gasteiger partial charge is 0.452 e. The Labute approximate surface area is 154 Å². The van der Waals surface area contributed by atoms with Gasteiger partial charge in [0.25, 0.3) is 5.91 Å². The van der Waals surface area contributed by atoms with Crippen molar-refractivity contribution in [2.45, 2.75) is 27.7 Å². The van der Waals surface area contributed by atoms with Crippen LogP contribution in [0.4, 0.5) is 0 Å². The van der Waals surface area contributed by atoms with Crippen LogP contribution in [0.25, 0.3) is 5.69 Å². The summed E-state index contributed by atoms with van der Waals surface area (Å²) < 4.78 is 6.95. The summed E-state index contributed by atoms with van der Waals surface area (Å²) in [7, 11) is 0. The van der Waals surface area contributed by atoms with Crippen LogP contribution in [0.3, 0.4) is 0 Å². The van der Waals surface area contributed by atoms with Gasteiger partial charge in [-0.15, -0.1) is 0 Å². The van der Waals surface area contributed by atoms with Crippen molar-refractivity contribution in [1.29, 1.82) is 0 Å². The van der Waals surface area contributed by atoms with E-state index in [0.29, 0.717) is 30.0 Å². The van der Waals surface area contributed by atoms with Gasteiger partial charge in [0.05, 0.1) is 17.1 Å². The highest BCUT2D eigenvalue weighted by molar-refractivity contribution is 5.93. The maximum Gasteiger partial charge on any atom is 0.342 e. The van der Waals surface area contributed by atoms with Crippen molar-refractivity contribution in [2.24, 2.45) is 0 Å². The second kappa shape index (κ2) is 8.47. The summed E-state index contributed by atoms with van der Waals surface area (Å²) in [5, 5.41) is 4.43. The van der Waals surface area contributed by atoms with E-state index in [1.54, 1.807) is 16.5 Å². The van der Waals surface area contributed by atoms with Crippen LogP contribution in [0.5, 0.6) is 0 Å². The quantitative estimate of drug-likeness (QED) is 0.566. The molecule has 2 rings (SSSR count). The molecule has 6 heteroatoms. The third-order valence-electron chi connectivity index (χ3n) is 4.02. The number of hydrogen-bond acceptors (Lipinski definition) is 4. The highest BCUT2D eigenvalue weighted by Crippen LogP contribution is 2.18. The van der Waals surface area contributed by atoms with Crippen molar-refractivity contribution in [3.63, 3.8) is 0 Å². The van der Waals surface area contributed by atoms with Crippen LogP contribution in [-0.4, -0.2) is 46.3 Å². The van der Waals surface area contributed by atoms with Gasteiger partial charge in [0, 0.05) is 13.1 Å². The minimum absolute atomic E-state index is 0.241. The number of hydrogen-bond donors (Lipinski definition) is 0. The van der Waals surface area contributed by atoms with Crippen molar-refractivity contribution in [2.75, 3.05) is 19.7 Å². The zero-order valence-corrected chi connectivity index (χ0v) is 15.8. The maximum atomic E-state index is 12.5. The average molecular weight is 355 g/mol. The molecule has 0 N–H and O–H groups in total. The van der Waals surface area contributed by atoms with E-state index in [1.807, 2.05) is 51.1 Å². The van der Waals surface area contributed by atoms with Gasteiger partial charge in [0.15, 0.2) is 6.61 Å². The molecule has 6 nitrogen and oxygen atoms in total. The van der Waals surface area contributed by atoms with Crippen molar-refractivity contribution in [1.82, 2.24) is 14.7 Å². The molecule has 0 aliphatic rings. The first-order chi connectivity index (χ1) is 12.3. The summed E-state index contributed by atoms with van der Waals surface area (Å²) in [4.78, 5) is 26.3. The Hall–Kier alpha value is -2.89. The summed E-state index contributed by atoms with van der Waals surface area (Å²) >= 11 is 0. The van der Waals surface area contributed by atoms with Crippen LogP contribution in [0.2, 0.25) is 0 Å². The molecule has 1 aromatic carbocycles. The lowest BCUT2D eigenvalue weighted by Gasteiger charge is -2.20. The highest BCUT2D eigenvalue weighted by atomic mass is 16.5. The number of benzene rings is 1. The predicted molar refractivity (Wildman–Crippen MR) is 100 cm³/mol. The van der Waals surface area contributed by atoms with Crippen molar-refractivity contribution < 1.29 is 14.3 Å². The Balaban J connectivity index is 2.12. The summed E-state index contributed by atoms with van der Waals surface area (Å²) in [6, 6.07) is 9.55. The molecule has 0 bridgehead atoms. The van der Waals surface area contributed by atoms with Crippen LogP contribution in [0.1, 0.15) is 35.6 Å². The van der Waals surface area contributed by atoms with Crippen LogP contribution in [0.15, 0.2) is 42.5 Å². The molecule has 0 saturated carbocycles. The van der Waals surface area contributed by atoms with Gasteiger partial charge in [-0.25, -0.2) is 9.48 Å². The maximum absolute atomic E-state index is 12.5. The molecule has 0 atom stereocenters. The second-order valence-corrected chi connectivity index (χ2v) is 6.23. The number of ether oxygens (including phenoxy) is 1. The molecule has 0 unspecified atom stereocenters. The topological polar surface area (TPSA) is 64.4 Å². The first-order valence-corrected chi connectivity index (χ1v) is 8.56. The van der Waals surface area contributed by atoms with E-state index in [0.717, 1.165) is 11.3 Å². The molecule has 138 valence electrons. The zero-order chi connectivity index (χ0) is 19.3. The second-order valence-electron chi connectivity index (χ2n) is 6.23. The number of nitrogens with zero attached hydrogens (tertiary/aromatic N) is 3. The fraction of sp³-hybridized carbons (Fsp3) is 0.350. The van der Waals surface area contributed by atoms with Gasteiger partial charge in [-0.2, -0.15) is 5.10 Å². The minimum atomic E-state index is -0.540. The first kappa shape index (κ1) is 19.4. The Morgan fingerprint density at radius 1 is 1.23 bits per heavy atom. The number of carbonyl (C=O) groups is 2. The Bertz CT molecular complexity index is 809. The summed E-state index contributed by atoms with van der Waals surface area (Å²) in [6.07, 6.45) is 0. The highest BCUT2D eigenvalue weighted by Gasteiger charge is 2.22. The molecule has 1 heterocycles. The van der Waals surface area contributed by atoms with Crippen molar-refractivity contribution in [3.8, 4) is 5.69 Å². The number of para-hydroxylation sites is 1. The standard InChI is InChI=1S/C20H25N3O3/c1-6-22(12-14(2)3)18(24)13-26-20(25)19-15(4)21-23(16(19)5)17-10-8-7-9-11-17/h7-11H,2,6,12-13H2,1,3-5H3. The molecule has 2 aromatic rings. The molecule has 0 spiro atoms. The van der Waals surface area contributed by atoms with Crippen LogP contribution in [0, 0.1) is 13.8 Å². The number of rotatable bonds is 7. The predicted octanol–water partition coefficient (Wildman–Crippen LogP) is 3.07. The SMILES string of the molecule is C=C(C)CN(CC)C(=O)COC(=O)c1c(C)nn(-c2ccccc2)c1C. The van der Waals surface area contributed by atoms with E-state index in [-0.39, 0.29) is 12.5 Å². The molecule has 0 aliphatic heterocycles. The van der Waals surface area contributed by atoms with Crippen molar-refractivity contribution >= 4 is 11.9 Å². The van der Waals surface area contributed by atoms with Crippen LogP contribution >= 0.6 is 0 Å². The molecule has 26 heavy (non-hydrogen) atoms. The number of aromatic nitrogens is 2. The number of amides is 1. The molecule has 0 saturated heterocycles. The fourth-order valence-electron chi connectivity index (χ4n) is 2.75. The van der Waals surface area contributed by atoms with Gasteiger partial charge >= 0.3 is 5.97 Å². The fourth-order valence-corrected chi connectivity index (χ4v) is 2.75. The molecule has 0 fully saturated rings. The Kier molecular flexibility index (Phi) is 6.33. The summed E-state index contributed by atoms with van der Waals surface area (Å²) in [6.45, 7) is 11.8. The third kappa shape index (κ3) is 4.39. The van der Waals surface area contributed by atoms with E-state index in [2.05, 4.69) is 11.7 Å². The third-order valence-corrected chi connectivity index (χ3v) is 4.02. The van der Waals surface area contributed by atoms with E-state index in [1.165, 1.54) is 0 Å². The number of carbonyl (C=O) groups excluding carboxylic acids is 2. The monoisotopic (exact) mass is 355 g/mol. The van der Waals surface area contributed by atoms with Gasteiger partial charge in [-0.1, -0.05) is 30.4 Å². The molecule has 1 aromatic heterocycles. The van der Waals surface area contributed by atoms with Gasteiger partial charge < -0.3 is 9.64 Å². The van der Waals surface area contributed by atoms with Crippen LogP contribution in [-0.2, 0) is 9.53 Å². The zero-order valence-electron chi connectivity index (χ0n) is 15.8. The summed E-state index contributed by atoms with van der Waals surface area (Å²) in [5.41, 5.74) is 3.38. The lowest BCUT2D eigenvalue weighted by molar-refractivity contribution is -0.133. The van der Waals surface area contributed by atoms with Gasteiger partial charge in [0.1, 0.15) is 5.56 Å². The minimum Gasteiger partial charge on any atom is -0.452 e. The summed E-state index contributed by atoms with van der Waals surface area (Å²) in [5.74, 6) is -0.781. The van der Waals surface area contributed by atoms with Crippen molar-refractivity contribution in [3.05, 3.63) is 59.4 Å². The molecule has 0 aliphatic carbocycles. The normalized spacial score (nSPS) is 10.5. The Morgan fingerprint density at radius 3 is 2.46 bits per heavy atom. The molecular weight excluding hydrogens is 330 g/mol. The lowest BCUT2D eigenvalue weighted by atomic mass is 10.2. The molecular formula is C20H25N3O3. The molecule has 1 amide bonds. The van der Waals surface area contributed by atoms with Gasteiger partial charge in [0.2, 0.25) is 0 Å². The van der Waals surface area contributed by atoms with Crippen LogP contribution < -0.4 is 0 Å². The first-order valence-electron chi connectivity index (χ1n) is 8.56. The number of aryl methyl sites for hydroxylation is 1. The molecule has 0 radical (unpaired) electrons. The number of likely N-dealkylation sites (N-methyl/N-ethyl adjacent to an activating group) is 1. The van der Waals surface area contributed by atoms with E-state index < -0.39 is 5.97 Å². The average Bonchev–Trinajstić information content (AvgIpc) is 2.92. The van der Waals surface area contributed by atoms with E-state index in [4.69, 9.17) is 4.74 Å². The Morgan fingerprint density at radius 2 is 1.88 bits per heavy atom.